The molecule has 0 radical (unpaired) electrons. The summed E-state index contributed by atoms with van der Waals surface area (Å²) in [4.78, 5) is 19.0. The Morgan fingerprint density at radius 3 is 2.84 bits per heavy atom. The molecule has 0 saturated carbocycles. The number of halogens is 1. The smallest absolute Gasteiger partial charge is 0.247 e. The molecule has 5 rings (SSSR count). The van der Waals surface area contributed by atoms with Gasteiger partial charge < -0.3 is 14.2 Å². The van der Waals surface area contributed by atoms with E-state index in [0.29, 0.717) is 39.5 Å². The minimum absolute atomic E-state index is 0.162. The second-order valence-electron chi connectivity index (χ2n) is 6.81. The minimum atomic E-state index is -0.774. The van der Waals surface area contributed by atoms with E-state index in [0.717, 1.165) is 15.8 Å². The Balaban J connectivity index is 1.72. The minimum Gasteiger partial charge on any atom is -0.454 e. The van der Waals surface area contributed by atoms with Gasteiger partial charge in [-0.05, 0) is 42.2 Å². The molecular formula is C21H17BrN4O4S. The van der Waals surface area contributed by atoms with Crippen molar-refractivity contribution in [2.75, 3.05) is 17.4 Å². The Morgan fingerprint density at radius 2 is 2.03 bits per heavy atom. The molecule has 2 aromatic carbocycles. The Kier molecular flexibility index (Phi) is 5.19. The number of aromatic nitrogens is 3. The highest BCUT2D eigenvalue weighted by atomic mass is 79.9. The number of carbonyl (C=O) groups is 1. The lowest BCUT2D eigenvalue weighted by atomic mass is 10.1. The van der Waals surface area contributed by atoms with Crippen molar-refractivity contribution >= 4 is 39.3 Å². The van der Waals surface area contributed by atoms with Gasteiger partial charge in [-0.1, -0.05) is 34.6 Å². The number of nitrogens with zero attached hydrogens (tertiary/aromatic N) is 4. The Bertz CT molecular complexity index is 1190. The summed E-state index contributed by atoms with van der Waals surface area (Å²) in [7, 11) is 0. The van der Waals surface area contributed by atoms with Crippen molar-refractivity contribution in [1.82, 2.24) is 15.2 Å². The van der Waals surface area contributed by atoms with E-state index in [-0.39, 0.29) is 12.7 Å². The van der Waals surface area contributed by atoms with Crippen LogP contribution in [0.2, 0.25) is 0 Å². The molecule has 2 aliphatic rings. The van der Waals surface area contributed by atoms with Crippen LogP contribution in [0.25, 0.3) is 11.3 Å². The number of amides is 1. The van der Waals surface area contributed by atoms with Crippen LogP contribution in [-0.4, -0.2) is 33.6 Å². The third-order valence-electron chi connectivity index (χ3n) is 4.86. The van der Waals surface area contributed by atoms with Crippen molar-refractivity contribution in [2.45, 2.75) is 25.2 Å². The fraction of sp³-hybridized carbons (Fsp3) is 0.238. The molecule has 0 spiro atoms. The van der Waals surface area contributed by atoms with Crippen molar-refractivity contribution in [2.24, 2.45) is 0 Å². The summed E-state index contributed by atoms with van der Waals surface area (Å²) in [5, 5.41) is 9.14. The highest BCUT2D eigenvalue weighted by Crippen LogP contribution is 2.45. The van der Waals surface area contributed by atoms with Gasteiger partial charge in [-0.25, -0.2) is 0 Å². The van der Waals surface area contributed by atoms with E-state index in [1.807, 2.05) is 43.3 Å². The number of carbonyl (C=O) groups excluding carboxylic acids is 1. The fourth-order valence-electron chi connectivity index (χ4n) is 3.55. The fourth-order valence-corrected chi connectivity index (χ4v) is 4.42. The van der Waals surface area contributed by atoms with Gasteiger partial charge in [0, 0.05) is 22.5 Å². The Hall–Kier alpha value is -2.85. The van der Waals surface area contributed by atoms with Crippen molar-refractivity contribution in [1.29, 1.82) is 0 Å². The van der Waals surface area contributed by atoms with Gasteiger partial charge in [0.1, 0.15) is 0 Å². The average Bonchev–Trinajstić information content (AvgIpc) is 3.17. The predicted octanol–water partition coefficient (Wildman–Crippen LogP) is 4.59. The maximum absolute atomic E-state index is 12.9. The third kappa shape index (κ3) is 3.59. The quantitative estimate of drug-likeness (QED) is 0.482. The molecule has 0 aliphatic carbocycles. The van der Waals surface area contributed by atoms with Crippen molar-refractivity contribution < 1.29 is 19.0 Å². The van der Waals surface area contributed by atoms with Gasteiger partial charge in [0.2, 0.25) is 30.0 Å². The van der Waals surface area contributed by atoms with Gasteiger partial charge in [-0.2, -0.15) is 4.98 Å². The van der Waals surface area contributed by atoms with E-state index < -0.39 is 6.23 Å². The lowest BCUT2D eigenvalue weighted by molar-refractivity contribution is -0.118. The largest absolute Gasteiger partial charge is 0.454 e. The van der Waals surface area contributed by atoms with E-state index in [9.17, 15) is 4.79 Å². The third-order valence-corrected chi connectivity index (χ3v) is 6.07. The zero-order valence-electron chi connectivity index (χ0n) is 16.7. The molecule has 8 nitrogen and oxygen atoms in total. The normalized spacial score (nSPS) is 16.2. The first kappa shape index (κ1) is 20.1. The predicted molar refractivity (Wildman–Crippen MR) is 118 cm³/mol. The second kappa shape index (κ2) is 8.01. The van der Waals surface area contributed by atoms with Crippen LogP contribution >= 0.6 is 27.7 Å². The first-order chi connectivity index (χ1) is 15.0. The van der Waals surface area contributed by atoms with Crippen LogP contribution in [0.5, 0.6) is 17.4 Å². The molecule has 10 heteroatoms. The molecule has 1 atom stereocenters. The van der Waals surface area contributed by atoms with E-state index in [4.69, 9.17) is 14.2 Å². The van der Waals surface area contributed by atoms with E-state index in [2.05, 4.69) is 31.1 Å². The average molecular weight is 501 g/mol. The van der Waals surface area contributed by atoms with Crippen LogP contribution in [0.3, 0.4) is 0 Å². The zero-order valence-corrected chi connectivity index (χ0v) is 19.1. The maximum Gasteiger partial charge on any atom is 0.247 e. The highest BCUT2D eigenvalue weighted by molar-refractivity contribution is 9.10. The maximum atomic E-state index is 12.9. The number of hydrogen-bond acceptors (Lipinski definition) is 8. The summed E-state index contributed by atoms with van der Waals surface area (Å²) >= 11 is 4.98. The van der Waals surface area contributed by atoms with Crippen LogP contribution in [0, 0.1) is 0 Å². The number of fused-ring (bicyclic) bond motifs is 4. The monoisotopic (exact) mass is 500 g/mol. The second-order valence-corrected chi connectivity index (χ2v) is 8.96. The molecule has 1 aromatic heterocycles. The molecule has 2 aliphatic heterocycles. The lowest BCUT2D eigenvalue weighted by Gasteiger charge is -2.30. The van der Waals surface area contributed by atoms with Crippen molar-refractivity contribution in [3.05, 3.63) is 46.4 Å². The number of anilines is 1. The SMILES string of the molecule is CCSc1nnc2c(n1)OC(c1ccc3c(c1)OCO3)N(C(C)=O)c1ccc(Br)cc1-2. The van der Waals surface area contributed by atoms with Gasteiger partial charge >= 0.3 is 0 Å². The van der Waals surface area contributed by atoms with Crippen LogP contribution in [0.15, 0.2) is 46.0 Å². The molecule has 1 unspecified atom stereocenters. The first-order valence-electron chi connectivity index (χ1n) is 9.58. The summed E-state index contributed by atoms with van der Waals surface area (Å²) in [5.41, 5.74) is 2.57. The van der Waals surface area contributed by atoms with E-state index >= 15 is 0 Å². The number of hydrogen-bond donors (Lipinski definition) is 0. The summed E-state index contributed by atoms with van der Waals surface area (Å²) in [5.74, 6) is 2.19. The summed E-state index contributed by atoms with van der Waals surface area (Å²) < 4.78 is 18.2. The highest BCUT2D eigenvalue weighted by Gasteiger charge is 2.35. The first-order valence-corrected chi connectivity index (χ1v) is 11.4. The summed E-state index contributed by atoms with van der Waals surface area (Å²) in [6, 6.07) is 11.1. The summed E-state index contributed by atoms with van der Waals surface area (Å²) in [6.07, 6.45) is -0.774. The molecule has 1 amide bonds. The van der Waals surface area contributed by atoms with Gasteiger partial charge in [0.15, 0.2) is 17.2 Å². The number of rotatable bonds is 3. The number of thioether (sulfide) groups is 1. The van der Waals surface area contributed by atoms with Crippen LogP contribution in [0.4, 0.5) is 5.69 Å². The van der Waals surface area contributed by atoms with Gasteiger partial charge in [-0.15, -0.1) is 10.2 Å². The zero-order chi connectivity index (χ0) is 21.5. The Labute approximate surface area is 191 Å². The van der Waals surface area contributed by atoms with Gasteiger partial charge in [0.25, 0.3) is 0 Å². The van der Waals surface area contributed by atoms with Crippen molar-refractivity contribution in [3.63, 3.8) is 0 Å². The molecule has 3 aromatic rings. The van der Waals surface area contributed by atoms with Gasteiger partial charge in [0.05, 0.1) is 5.69 Å². The number of ether oxygens (including phenoxy) is 3. The number of benzene rings is 2. The molecule has 31 heavy (non-hydrogen) atoms. The van der Waals surface area contributed by atoms with Crippen LogP contribution < -0.4 is 19.1 Å². The van der Waals surface area contributed by atoms with Gasteiger partial charge in [-0.3, -0.25) is 9.69 Å². The van der Waals surface area contributed by atoms with Crippen molar-refractivity contribution in [3.8, 4) is 28.6 Å². The molecule has 158 valence electrons. The lowest BCUT2D eigenvalue weighted by Crippen LogP contribution is -2.36. The molecule has 0 fully saturated rings. The van der Waals surface area contributed by atoms with E-state index in [1.54, 1.807) is 4.90 Å². The topological polar surface area (TPSA) is 86.7 Å². The molecule has 3 heterocycles. The Morgan fingerprint density at radius 1 is 1.19 bits per heavy atom. The van der Waals surface area contributed by atoms with E-state index in [1.165, 1.54) is 18.7 Å². The molecule has 0 saturated heterocycles. The summed E-state index contributed by atoms with van der Waals surface area (Å²) in [6.45, 7) is 3.68. The van der Waals surface area contributed by atoms with Crippen LogP contribution in [0.1, 0.15) is 25.6 Å². The standard InChI is InChI=1S/C21H17BrN4O4S/c1-3-31-21-23-19-18(24-25-21)14-9-13(22)5-6-15(14)26(11(2)27)20(30-19)12-4-7-16-17(8-12)29-10-28-16/h4-9,20H,3,10H2,1-2H3. The molecule has 0 bridgehead atoms. The molecular weight excluding hydrogens is 484 g/mol. The molecule has 0 N–H and O–H groups in total. The van der Waals surface area contributed by atoms with Crippen LogP contribution in [-0.2, 0) is 4.79 Å².